The number of aromatic nitrogens is 1. The number of nitrogen functional groups attached to an aromatic ring is 1. The van der Waals surface area contributed by atoms with Crippen molar-refractivity contribution in [1.82, 2.24) is 4.98 Å². The van der Waals surface area contributed by atoms with E-state index in [4.69, 9.17) is 20.5 Å². The minimum absolute atomic E-state index is 0.0123. The van der Waals surface area contributed by atoms with E-state index < -0.39 is 25.4 Å². The number of halogens is 2. The number of anilines is 1. The predicted molar refractivity (Wildman–Crippen MR) is 69.2 cm³/mol. The third-order valence-electron chi connectivity index (χ3n) is 2.63. The molecule has 0 fully saturated rings. The highest BCUT2D eigenvalue weighted by molar-refractivity contribution is 6.58. The van der Waals surface area contributed by atoms with Gasteiger partial charge >= 0.3 is 7.12 Å². The summed E-state index contributed by atoms with van der Waals surface area (Å²) in [7, 11) is -1.74. The maximum atomic E-state index is 13.4. The van der Waals surface area contributed by atoms with Gasteiger partial charge in [-0.2, -0.15) is 0 Å². The van der Waals surface area contributed by atoms with Gasteiger partial charge in [0, 0.05) is 11.7 Å². The summed E-state index contributed by atoms with van der Waals surface area (Å²) in [6, 6.07) is 4.70. The van der Waals surface area contributed by atoms with Crippen molar-refractivity contribution >= 4 is 18.4 Å². The van der Waals surface area contributed by atoms with Gasteiger partial charge in [-0.3, -0.25) is 0 Å². The van der Waals surface area contributed by atoms with Gasteiger partial charge in [0.2, 0.25) is 0 Å². The molecule has 4 N–H and O–H groups in total. The molecule has 2 rings (SSSR count). The second kappa shape index (κ2) is 5.85. The van der Waals surface area contributed by atoms with Crippen LogP contribution in [0.4, 0.5) is 14.6 Å². The third-order valence-corrected chi connectivity index (χ3v) is 2.63. The lowest BCUT2D eigenvalue weighted by atomic mass is 9.81. The molecule has 1 aromatic carbocycles. The first-order chi connectivity index (χ1) is 9.49. The number of rotatable bonds is 4. The summed E-state index contributed by atoms with van der Waals surface area (Å²) in [4.78, 5) is 3.70. The SMILES string of the molecule is Nc1ncc(B(O)O)cc1OCc1c(F)cccc1F. The molecule has 0 aliphatic heterocycles. The molecule has 2 aromatic rings. The van der Waals surface area contributed by atoms with Crippen LogP contribution < -0.4 is 15.9 Å². The maximum absolute atomic E-state index is 13.4. The van der Waals surface area contributed by atoms with Crippen molar-refractivity contribution in [3.05, 3.63) is 47.7 Å². The molecule has 1 heterocycles. The van der Waals surface area contributed by atoms with Gasteiger partial charge in [-0.05, 0) is 18.2 Å². The molecule has 5 nitrogen and oxygen atoms in total. The van der Waals surface area contributed by atoms with Crippen LogP contribution in [0.3, 0.4) is 0 Å². The lowest BCUT2D eigenvalue weighted by molar-refractivity contribution is 0.293. The highest BCUT2D eigenvalue weighted by Gasteiger charge is 2.15. The fourth-order valence-electron chi connectivity index (χ4n) is 1.55. The summed E-state index contributed by atoms with van der Waals surface area (Å²) in [5.74, 6) is -1.49. The quantitative estimate of drug-likeness (QED) is 0.696. The molecule has 0 atom stereocenters. The van der Waals surface area contributed by atoms with Crippen molar-refractivity contribution in [2.75, 3.05) is 5.73 Å². The van der Waals surface area contributed by atoms with Crippen molar-refractivity contribution in [2.45, 2.75) is 6.61 Å². The fourth-order valence-corrected chi connectivity index (χ4v) is 1.55. The second-order valence-electron chi connectivity index (χ2n) is 4.01. The molecule has 0 saturated heterocycles. The Hall–Kier alpha value is -2.19. The van der Waals surface area contributed by atoms with Gasteiger partial charge in [0.05, 0.1) is 5.56 Å². The van der Waals surface area contributed by atoms with Crippen LogP contribution in [0, 0.1) is 11.6 Å². The first-order valence-corrected chi connectivity index (χ1v) is 5.66. The van der Waals surface area contributed by atoms with Crippen LogP contribution in [0.15, 0.2) is 30.5 Å². The van der Waals surface area contributed by atoms with Crippen molar-refractivity contribution in [3.63, 3.8) is 0 Å². The number of benzene rings is 1. The highest BCUT2D eigenvalue weighted by Crippen LogP contribution is 2.20. The summed E-state index contributed by atoms with van der Waals surface area (Å²) < 4.78 is 32.0. The number of nitrogens with two attached hydrogens (primary N) is 1. The Morgan fingerprint density at radius 2 is 1.90 bits per heavy atom. The smallest absolute Gasteiger partial charge is 0.485 e. The molecule has 8 heteroatoms. The number of hydrogen-bond acceptors (Lipinski definition) is 5. The zero-order valence-corrected chi connectivity index (χ0v) is 10.3. The van der Waals surface area contributed by atoms with Crippen LogP contribution in [-0.2, 0) is 6.61 Å². The third kappa shape index (κ3) is 3.04. The summed E-state index contributed by atoms with van der Waals surface area (Å²) in [5.41, 5.74) is 5.35. The monoisotopic (exact) mass is 280 g/mol. The van der Waals surface area contributed by atoms with E-state index in [0.717, 1.165) is 18.3 Å². The van der Waals surface area contributed by atoms with E-state index in [0.29, 0.717) is 0 Å². The Morgan fingerprint density at radius 1 is 1.25 bits per heavy atom. The van der Waals surface area contributed by atoms with E-state index in [1.54, 1.807) is 0 Å². The molecule has 0 radical (unpaired) electrons. The van der Waals surface area contributed by atoms with E-state index in [1.165, 1.54) is 12.1 Å². The largest absolute Gasteiger partial charge is 0.490 e. The molecule has 0 bridgehead atoms. The summed E-state index contributed by atoms with van der Waals surface area (Å²) in [5, 5.41) is 18.0. The lowest BCUT2D eigenvalue weighted by Gasteiger charge is -2.11. The van der Waals surface area contributed by atoms with Crippen LogP contribution in [0.2, 0.25) is 0 Å². The van der Waals surface area contributed by atoms with Gasteiger partial charge in [-0.1, -0.05) is 6.07 Å². The molecule has 0 spiro atoms. The van der Waals surface area contributed by atoms with E-state index >= 15 is 0 Å². The first kappa shape index (κ1) is 14.2. The number of ether oxygens (including phenoxy) is 1. The average molecular weight is 280 g/mol. The zero-order valence-electron chi connectivity index (χ0n) is 10.3. The normalized spacial score (nSPS) is 10.4. The van der Waals surface area contributed by atoms with Crippen molar-refractivity contribution < 1.29 is 23.6 Å². The number of pyridine rings is 1. The van der Waals surface area contributed by atoms with Crippen LogP contribution in [-0.4, -0.2) is 22.2 Å². The minimum Gasteiger partial charge on any atom is -0.485 e. The van der Waals surface area contributed by atoms with Crippen molar-refractivity contribution in [1.29, 1.82) is 0 Å². The zero-order chi connectivity index (χ0) is 14.7. The Balaban J connectivity index is 2.20. The highest BCUT2D eigenvalue weighted by atomic mass is 19.1. The van der Waals surface area contributed by atoms with E-state index in [-0.39, 0.29) is 22.6 Å². The Bertz CT molecular complexity index is 605. The molecule has 0 aliphatic carbocycles. The first-order valence-electron chi connectivity index (χ1n) is 5.66. The Labute approximate surface area is 113 Å². The Kier molecular flexibility index (Phi) is 4.16. The number of nitrogens with zero attached hydrogens (tertiary/aromatic N) is 1. The topological polar surface area (TPSA) is 88.6 Å². The standard InChI is InChI=1S/C12H11BF2N2O3/c14-9-2-1-3-10(15)8(9)6-20-11-4-7(13(18)19)5-17-12(11)16/h1-5,18-19H,6H2,(H2,16,17). The Morgan fingerprint density at radius 3 is 2.50 bits per heavy atom. The molecule has 1 aromatic heterocycles. The summed E-state index contributed by atoms with van der Waals surface area (Å²) >= 11 is 0. The second-order valence-corrected chi connectivity index (χ2v) is 4.01. The van der Waals surface area contributed by atoms with E-state index in [9.17, 15) is 8.78 Å². The average Bonchev–Trinajstić information content (AvgIpc) is 2.39. The van der Waals surface area contributed by atoms with E-state index in [1.807, 2.05) is 0 Å². The van der Waals surface area contributed by atoms with Crippen molar-refractivity contribution in [3.8, 4) is 5.75 Å². The minimum atomic E-state index is -1.74. The van der Waals surface area contributed by atoms with Gasteiger partial charge in [-0.15, -0.1) is 0 Å². The van der Waals surface area contributed by atoms with Crippen molar-refractivity contribution in [2.24, 2.45) is 0 Å². The van der Waals surface area contributed by atoms with Gasteiger partial charge in [0.25, 0.3) is 0 Å². The molecular formula is C12H11BF2N2O3. The molecule has 0 unspecified atom stereocenters. The van der Waals surface area contributed by atoms with Crippen LogP contribution in [0.25, 0.3) is 0 Å². The van der Waals surface area contributed by atoms with E-state index in [2.05, 4.69) is 4.98 Å². The molecule has 0 aliphatic rings. The predicted octanol–water partition coefficient (Wildman–Crippen LogP) is 0.201. The molecule has 0 saturated carbocycles. The van der Waals surface area contributed by atoms with Gasteiger partial charge in [0.1, 0.15) is 18.2 Å². The summed E-state index contributed by atoms with van der Waals surface area (Å²) in [6.45, 7) is -0.393. The summed E-state index contributed by atoms with van der Waals surface area (Å²) in [6.07, 6.45) is 1.16. The molecule has 104 valence electrons. The van der Waals surface area contributed by atoms with Crippen LogP contribution >= 0.6 is 0 Å². The molecule has 20 heavy (non-hydrogen) atoms. The number of hydrogen-bond donors (Lipinski definition) is 3. The maximum Gasteiger partial charge on any atom is 0.490 e. The van der Waals surface area contributed by atoms with Crippen LogP contribution in [0.5, 0.6) is 5.75 Å². The van der Waals surface area contributed by atoms with Gasteiger partial charge < -0.3 is 20.5 Å². The van der Waals surface area contributed by atoms with Crippen LogP contribution in [0.1, 0.15) is 5.56 Å². The van der Waals surface area contributed by atoms with Gasteiger partial charge in [0.15, 0.2) is 11.6 Å². The molecule has 0 amide bonds. The fraction of sp³-hybridized carbons (Fsp3) is 0.0833. The lowest BCUT2D eigenvalue weighted by Crippen LogP contribution is -2.30. The molecular weight excluding hydrogens is 269 g/mol. The van der Waals surface area contributed by atoms with Gasteiger partial charge in [-0.25, -0.2) is 13.8 Å².